The number of unbranched alkanes of at least 4 members (excludes halogenated alkanes) is 22. The van der Waals surface area contributed by atoms with E-state index in [1.165, 1.54) is 148 Å². The number of nitrogens with one attached hydrogen (secondary N) is 1. The lowest BCUT2D eigenvalue weighted by atomic mass is 10.0. The van der Waals surface area contributed by atoms with Crippen LogP contribution in [0.2, 0.25) is 0 Å². The van der Waals surface area contributed by atoms with E-state index in [2.05, 4.69) is 17.9 Å². The molecule has 0 atom stereocenters. The van der Waals surface area contributed by atoms with Gasteiger partial charge >= 0.3 is 0 Å². The fourth-order valence-corrected chi connectivity index (χ4v) is 4.53. The fraction of sp³-hybridized carbons (Fsp3) is 0.962. The number of thiol groups is 1. The minimum absolute atomic E-state index is 0.626. The molecular weight excluding hydrogens is 426 g/mol. The molecule has 4 heteroatoms. The van der Waals surface area contributed by atoms with Crippen molar-refractivity contribution in [1.29, 1.82) is 0 Å². The van der Waals surface area contributed by atoms with E-state index in [-0.39, 0.29) is 0 Å². The number of thiocarbonyl (C=S) groups is 1. The van der Waals surface area contributed by atoms with Gasteiger partial charge in [0, 0.05) is 12.4 Å². The van der Waals surface area contributed by atoms with Gasteiger partial charge in [0.05, 0.1) is 0 Å². The molecule has 0 bridgehead atoms. The molecule has 30 heavy (non-hydrogen) atoms. The molecule has 0 amide bonds. The average molecular weight is 478 g/mol. The molecule has 0 unspecified atom stereocenters. The molecule has 0 fully saturated rings. The van der Waals surface area contributed by atoms with Crippen molar-refractivity contribution in [1.82, 2.24) is 5.32 Å². The monoisotopic (exact) mass is 477 g/mol. The van der Waals surface area contributed by atoms with Crippen molar-refractivity contribution in [3.63, 3.8) is 0 Å². The first-order valence-electron chi connectivity index (χ1n) is 13.3. The highest BCUT2D eigenvalue weighted by Gasteiger charge is 1.96. The third kappa shape index (κ3) is 28.5. The first-order valence-corrected chi connectivity index (χ1v) is 14.7. The molecule has 0 spiro atoms. The Hall–Kier alpha value is 0.530. The molecule has 0 aromatic carbocycles. The zero-order valence-corrected chi connectivity index (χ0v) is 22.4. The molecule has 0 saturated heterocycles. The molecule has 0 aliphatic carbocycles. The zero-order chi connectivity index (χ0) is 22.0. The fourth-order valence-electron chi connectivity index (χ4n) is 4.13. The van der Waals surface area contributed by atoms with Crippen molar-refractivity contribution in [3.8, 4) is 0 Å². The molecule has 0 heterocycles. The van der Waals surface area contributed by atoms with E-state index in [0.717, 1.165) is 12.4 Å². The number of hydrogen-bond donors (Lipinski definition) is 2. The van der Waals surface area contributed by atoms with Crippen LogP contribution < -0.4 is 5.32 Å². The summed E-state index contributed by atoms with van der Waals surface area (Å²) in [6, 6.07) is 0. The maximum Gasteiger partial charge on any atom is 0.130 e. The summed E-state index contributed by atoms with van der Waals surface area (Å²) in [4.78, 5) is 0. The van der Waals surface area contributed by atoms with Crippen molar-refractivity contribution in [2.24, 2.45) is 0 Å². The second-order valence-corrected chi connectivity index (χ2v) is 10.6. The summed E-state index contributed by atoms with van der Waals surface area (Å²) >= 11 is 14.7. The van der Waals surface area contributed by atoms with E-state index >= 15 is 0 Å². The van der Waals surface area contributed by atoms with Gasteiger partial charge in [-0.1, -0.05) is 147 Å². The van der Waals surface area contributed by atoms with E-state index in [9.17, 15) is 0 Å². The molecule has 0 aliphatic rings. The summed E-state index contributed by atoms with van der Waals surface area (Å²) in [7, 11) is 0. The second-order valence-electron chi connectivity index (χ2n) is 9.05. The van der Waals surface area contributed by atoms with Gasteiger partial charge in [0.1, 0.15) is 4.32 Å². The van der Waals surface area contributed by atoms with Crippen molar-refractivity contribution >= 4 is 40.8 Å². The van der Waals surface area contributed by atoms with E-state index < -0.39 is 0 Å². The van der Waals surface area contributed by atoms with Gasteiger partial charge in [0.25, 0.3) is 0 Å². The number of alkyl halides is 1. The predicted molar refractivity (Wildman–Crippen MR) is 146 cm³/mol. The minimum atomic E-state index is 0.626. The van der Waals surface area contributed by atoms with Gasteiger partial charge in [-0.05, 0) is 12.8 Å². The van der Waals surface area contributed by atoms with Gasteiger partial charge < -0.3 is 5.32 Å². The van der Waals surface area contributed by atoms with Gasteiger partial charge in [-0.2, -0.15) is 0 Å². The Kier molecular flexibility index (Phi) is 28.1. The van der Waals surface area contributed by atoms with Gasteiger partial charge in [-0.3, -0.25) is 0 Å². The standard InChI is InChI=1S/C26H52ClNS2/c27-24-22-20-18-16-14-12-10-8-6-4-2-1-3-5-7-9-11-13-15-17-19-21-23-25-28-26(29)30/h1-25H2,(H2,28,29,30). The van der Waals surface area contributed by atoms with E-state index in [4.69, 9.17) is 23.8 Å². The number of halogens is 1. The van der Waals surface area contributed by atoms with E-state index in [1.807, 2.05) is 0 Å². The summed E-state index contributed by atoms with van der Waals surface area (Å²) in [5.74, 6) is 0.841. The topological polar surface area (TPSA) is 12.0 Å². The summed E-state index contributed by atoms with van der Waals surface area (Å²) in [6.07, 6.45) is 32.5. The van der Waals surface area contributed by atoms with Crippen molar-refractivity contribution < 1.29 is 0 Å². The summed E-state index contributed by atoms with van der Waals surface area (Å²) in [5, 5.41) is 3.10. The Bertz CT molecular complexity index is 339. The smallest absolute Gasteiger partial charge is 0.130 e. The summed E-state index contributed by atoms with van der Waals surface area (Å²) in [5.41, 5.74) is 0. The number of rotatable bonds is 25. The molecule has 0 aliphatic heterocycles. The van der Waals surface area contributed by atoms with E-state index in [1.54, 1.807) is 0 Å². The van der Waals surface area contributed by atoms with Gasteiger partial charge in [0.2, 0.25) is 0 Å². The lowest BCUT2D eigenvalue weighted by Gasteiger charge is -2.05. The summed E-state index contributed by atoms with van der Waals surface area (Å²) < 4.78 is 0.626. The van der Waals surface area contributed by atoms with Crippen LogP contribution in [-0.2, 0) is 0 Å². The first-order chi connectivity index (χ1) is 14.8. The van der Waals surface area contributed by atoms with Gasteiger partial charge in [0.15, 0.2) is 0 Å². The summed E-state index contributed by atoms with van der Waals surface area (Å²) in [6.45, 7) is 0.985. The van der Waals surface area contributed by atoms with Crippen LogP contribution in [0.3, 0.4) is 0 Å². The highest BCUT2D eigenvalue weighted by Crippen LogP contribution is 2.15. The zero-order valence-electron chi connectivity index (χ0n) is 19.9. The lowest BCUT2D eigenvalue weighted by molar-refractivity contribution is 0.518. The molecule has 0 saturated carbocycles. The average Bonchev–Trinajstić information content (AvgIpc) is 2.73. The van der Waals surface area contributed by atoms with Crippen LogP contribution in [0.15, 0.2) is 0 Å². The maximum absolute atomic E-state index is 5.70. The molecule has 0 aromatic heterocycles. The highest BCUT2D eigenvalue weighted by molar-refractivity contribution is 8.11. The Morgan fingerprint density at radius 1 is 0.467 bits per heavy atom. The molecule has 0 rings (SSSR count). The predicted octanol–water partition coefficient (Wildman–Crippen LogP) is 10.0. The maximum atomic E-state index is 5.70. The quantitative estimate of drug-likeness (QED) is 0.0586. The second kappa shape index (κ2) is 27.6. The van der Waals surface area contributed by atoms with Crippen molar-refractivity contribution in [3.05, 3.63) is 0 Å². The van der Waals surface area contributed by atoms with Crippen molar-refractivity contribution in [2.45, 2.75) is 148 Å². The molecule has 0 radical (unpaired) electrons. The van der Waals surface area contributed by atoms with Crippen LogP contribution in [-0.4, -0.2) is 16.7 Å². The Morgan fingerprint density at radius 2 is 0.700 bits per heavy atom. The van der Waals surface area contributed by atoms with Crippen molar-refractivity contribution in [2.75, 3.05) is 12.4 Å². The molecular formula is C26H52ClNS2. The van der Waals surface area contributed by atoms with Gasteiger partial charge in [-0.15, -0.1) is 24.2 Å². The Morgan fingerprint density at radius 3 is 0.933 bits per heavy atom. The van der Waals surface area contributed by atoms with Crippen LogP contribution in [0.4, 0.5) is 0 Å². The van der Waals surface area contributed by atoms with E-state index in [0.29, 0.717) is 4.32 Å². The lowest BCUT2D eigenvalue weighted by Crippen LogP contribution is -2.17. The Labute approximate surface area is 205 Å². The number of hydrogen-bond acceptors (Lipinski definition) is 1. The van der Waals surface area contributed by atoms with Crippen LogP contribution in [0.1, 0.15) is 148 Å². The molecule has 180 valence electrons. The molecule has 0 aromatic rings. The SMILES string of the molecule is S=C(S)NCCCCCCCCCCCCCCCCCCCCCCCCCCl. The van der Waals surface area contributed by atoms with Crippen LogP contribution in [0, 0.1) is 0 Å². The molecule has 1 N–H and O–H groups in total. The largest absolute Gasteiger partial charge is 0.371 e. The third-order valence-electron chi connectivity index (χ3n) is 6.09. The normalized spacial score (nSPS) is 11.1. The highest BCUT2D eigenvalue weighted by atomic mass is 35.5. The van der Waals surface area contributed by atoms with Crippen LogP contribution >= 0.6 is 36.4 Å². The van der Waals surface area contributed by atoms with Gasteiger partial charge in [-0.25, -0.2) is 0 Å². The Balaban J connectivity index is 2.99. The van der Waals surface area contributed by atoms with Crippen LogP contribution in [0.25, 0.3) is 0 Å². The first kappa shape index (κ1) is 30.5. The van der Waals surface area contributed by atoms with Crippen LogP contribution in [0.5, 0.6) is 0 Å². The third-order valence-corrected chi connectivity index (χ3v) is 6.66. The minimum Gasteiger partial charge on any atom is -0.371 e. The molecule has 1 nitrogen and oxygen atoms in total.